The van der Waals surface area contributed by atoms with Crippen molar-refractivity contribution in [3.63, 3.8) is 0 Å². The van der Waals surface area contributed by atoms with Gasteiger partial charge in [-0.1, -0.05) is 36.0 Å². The number of alkyl halides is 3. The Hall–Kier alpha value is -1.56. The van der Waals surface area contributed by atoms with Gasteiger partial charge in [0, 0.05) is 11.1 Å². The maximum Gasteiger partial charge on any atom is 0.433 e. The Morgan fingerprint density at radius 2 is 1.85 bits per heavy atom. The van der Waals surface area contributed by atoms with E-state index in [9.17, 15) is 13.2 Å². The van der Waals surface area contributed by atoms with Gasteiger partial charge in [-0.3, -0.25) is 0 Å². The standard InChI is InChI=1S/C14H11F3N2S/c1-20-13-18-11-9-5-3-2-4-8(9)6-7-10(11)12(19-13)14(15,16)17/h2-5H,6-7H2,1H3. The molecule has 20 heavy (non-hydrogen) atoms. The minimum absolute atomic E-state index is 0.160. The molecule has 0 N–H and O–H groups in total. The van der Waals surface area contributed by atoms with Gasteiger partial charge in [0.25, 0.3) is 0 Å². The maximum atomic E-state index is 13.2. The van der Waals surface area contributed by atoms with Crippen molar-refractivity contribution in [2.45, 2.75) is 24.2 Å². The fraction of sp³-hybridized carbons (Fsp3) is 0.286. The second-order valence-electron chi connectivity index (χ2n) is 4.54. The summed E-state index contributed by atoms with van der Waals surface area (Å²) >= 11 is 1.12. The van der Waals surface area contributed by atoms with E-state index in [0.717, 1.165) is 22.9 Å². The Balaban J connectivity index is 2.29. The topological polar surface area (TPSA) is 25.8 Å². The molecule has 2 nitrogen and oxygen atoms in total. The summed E-state index contributed by atoms with van der Waals surface area (Å²) < 4.78 is 39.5. The van der Waals surface area contributed by atoms with Crippen molar-refractivity contribution < 1.29 is 13.2 Å². The molecule has 0 aliphatic heterocycles. The normalized spacial score (nSPS) is 13.8. The van der Waals surface area contributed by atoms with Gasteiger partial charge in [-0.15, -0.1) is 0 Å². The van der Waals surface area contributed by atoms with Crippen LogP contribution in [0, 0.1) is 0 Å². The predicted molar refractivity (Wildman–Crippen MR) is 71.7 cm³/mol. The van der Waals surface area contributed by atoms with Crippen LogP contribution >= 0.6 is 11.8 Å². The first-order valence-electron chi connectivity index (χ1n) is 6.11. The summed E-state index contributed by atoms with van der Waals surface area (Å²) in [4.78, 5) is 7.97. The molecule has 0 amide bonds. The van der Waals surface area contributed by atoms with Crippen LogP contribution < -0.4 is 0 Å². The summed E-state index contributed by atoms with van der Waals surface area (Å²) in [5.41, 5.74) is 1.68. The summed E-state index contributed by atoms with van der Waals surface area (Å²) in [6.45, 7) is 0. The maximum absolute atomic E-state index is 13.2. The van der Waals surface area contributed by atoms with Crippen LogP contribution in [0.4, 0.5) is 13.2 Å². The molecule has 1 aromatic carbocycles. The van der Waals surface area contributed by atoms with E-state index in [2.05, 4.69) is 9.97 Å². The molecule has 0 unspecified atom stereocenters. The molecule has 1 aliphatic rings. The fourth-order valence-electron chi connectivity index (χ4n) is 2.48. The van der Waals surface area contributed by atoms with Crippen LogP contribution in [0.15, 0.2) is 29.4 Å². The number of hydrogen-bond donors (Lipinski definition) is 0. The van der Waals surface area contributed by atoms with Crippen molar-refractivity contribution in [2.24, 2.45) is 0 Å². The molecule has 0 saturated carbocycles. The zero-order chi connectivity index (χ0) is 14.3. The Kier molecular flexibility index (Phi) is 3.20. The van der Waals surface area contributed by atoms with Crippen LogP contribution in [0.2, 0.25) is 0 Å². The van der Waals surface area contributed by atoms with E-state index < -0.39 is 11.9 Å². The molecule has 2 aromatic rings. The molecule has 0 atom stereocenters. The van der Waals surface area contributed by atoms with Crippen molar-refractivity contribution in [1.29, 1.82) is 0 Å². The van der Waals surface area contributed by atoms with Crippen LogP contribution in [0.1, 0.15) is 16.8 Å². The minimum Gasteiger partial charge on any atom is -0.222 e. The molecule has 0 fully saturated rings. The van der Waals surface area contributed by atoms with Crippen molar-refractivity contribution in [1.82, 2.24) is 9.97 Å². The predicted octanol–water partition coefficient (Wildman–Crippen LogP) is 3.98. The molecular weight excluding hydrogens is 285 g/mol. The first-order valence-corrected chi connectivity index (χ1v) is 7.33. The number of benzene rings is 1. The molecule has 104 valence electrons. The SMILES string of the molecule is CSc1nc2c(c(C(F)(F)F)n1)CCc1ccccc1-2. The van der Waals surface area contributed by atoms with Gasteiger partial charge in [-0.25, -0.2) is 9.97 Å². The van der Waals surface area contributed by atoms with Gasteiger partial charge in [0.05, 0.1) is 5.69 Å². The summed E-state index contributed by atoms with van der Waals surface area (Å²) in [5, 5.41) is 0.160. The molecular formula is C14H11F3N2S. The molecule has 1 aliphatic carbocycles. The monoisotopic (exact) mass is 296 g/mol. The third-order valence-corrected chi connectivity index (χ3v) is 3.90. The van der Waals surface area contributed by atoms with Gasteiger partial charge in [0.15, 0.2) is 10.9 Å². The summed E-state index contributed by atoms with van der Waals surface area (Å²) in [6, 6.07) is 7.48. The van der Waals surface area contributed by atoms with E-state index in [-0.39, 0.29) is 10.7 Å². The number of thioether (sulfide) groups is 1. The molecule has 0 saturated heterocycles. The Morgan fingerprint density at radius 1 is 1.10 bits per heavy atom. The summed E-state index contributed by atoms with van der Waals surface area (Å²) in [5.74, 6) is 0. The van der Waals surface area contributed by atoms with Crippen LogP contribution in [0.3, 0.4) is 0 Å². The number of aryl methyl sites for hydroxylation is 1. The lowest BCUT2D eigenvalue weighted by Crippen LogP contribution is -2.18. The smallest absolute Gasteiger partial charge is 0.222 e. The molecule has 6 heteroatoms. The van der Waals surface area contributed by atoms with Crippen molar-refractivity contribution in [2.75, 3.05) is 6.26 Å². The Labute approximate surface area is 118 Å². The second-order valence-corrected chi connectivity index (χ2v) is 5.31. The Bertz CT molecular complexity index is 668. The van der Waals surface area contributed by atoms with Crippen LogP contribution in [0.25, 0.3) is 11.3 Å². The number of nitrogens with zero attached hydrogens (tertiary/aromatic N) is 2. The lowest BCUT2D eigenvalue weighted by molar-refractivity contribution is -0.142. The summed E-state index contributed by atoms with van der Waals surface area (Å²) in [6.07, 6.45) is -1.84. The third-order valence-electron chi connectivity index (χ3n) is 3.35. The number of fused-ring (bicyclic) bond motifs is 3. The van der Waals surface area contributed by atoms with E-state index >= 15 is 0 Å². The highest BCUT2D eigenvalue weighted by molar-refractivity contribution is 7.98. The summed E-state index contributed by atoms with van der Waals surface area (Å²) in [7, 11) is 0. The van der Waals surface area contributed by atoms with E-state index in [1.54, 1.807) is 6.26 Å². The van der Waals surface area contributed by atoms with Crippen molar-refractivity contribution in [3.8, 4) is 11.3 Å². The zero-order valence-corrected chi connectivity index (χ0v) is 11.5. The van der Waals surface area contributed by atoms with Gasteiger partial charge in [0.1, 0.15) is 0 Å². The minimum atomic E-state index is -4.44. The highest BCUT2D eigenvalue weighted by Crippen LogP contribution is 2.39. The van der Waals surface area contributed by atoms with Gasteiger partial charge >= 0.3 is 6.18 Å². The first kappa shape index (κ1) is 13.4. The Morgan fingerprint density at radius 3 is 2.55 bits per heavy atom. The second kappa shape index (κ2) is 4.77. The highest BCUT2D eigenvalue weighted by Gasteiger charge is 2.38. The largest absolute Gasteiger partial charge is 0.433 e. The van der Waals surface area contributed by atoms with Gasteiger partial charge in [-0.05, 0) is 24.7 Å². The number of aromatic nitrogens is 2. The average Bonchev–Trinajstić information content (AvgIpc) is 2.44. The molecule has 1 aromatic heterocycles. The van der Waals surface area contributed by atoms with E-state index in [4.69, 9.17) is 0 Å². The highest BCUT2D eigenvalue weighted by atomic mass is 32.2. The van der Waals surface area contributed by atoms with Crippen LogP contribution in [-0.2, 0) is 19.0 Å². The molecule has 0 radical (unpaired) electrons. The fourth-order valence-corrected chi connectivity index (χ4v) is 2.84. The number of hydrogen-bond acceptors (Lipinski definition) is 3. The molecule has 3 rings (SSSR count). The number of rotatable bonds is 1. The van der Waals surface area contributed by atoms with Gasteiger partial charge in [0.2, 0.25) is 0 Å². The van der Waals surface area contributed by atoms with E-state index in [1.807, 2.05) is 24.3 Å². The lowest BCUT2D eigenvalue weighted by atomic mass is 9.88. The van der Waals surface area contributed by atoms with Crippen LogP contribution in [0.5, 0.6) is 0 Å². The molecule has 0 spiro atoms. The molecule has 0 bridgehead atoms. The average molecular weight is 296 g/mol. The van der Waals surface area contributed by atoms with E-state index in [0.29, 0.717) is 18.5 Å². The molecule has 1 heterocycles. The van der Waals surface area contributed by atoms with Crippen LogP contribution in [-0.4, -0.2) is 16.2 Å². The van der Waals surface area contributed by atoms with Gasteiger partial charge in [-0.2, -0.15) is 13.2 Å². The van der Waals surface area contributed by atoms with Crippen molar-refractivity contribution >= 4 is 11.8 Å². The van der Waals surface area contributed by atoms with Gasteiger partial charge < -0.3 is 0 Å². The third kappa shape index (κ3) is 2.18. The van der Waals surface area contributed by atoms with E-state index in [1.165, 1.54) is 0 Å². The lowest BCUT2D eigenvalue weighted by Gasteiger charge is -2.22. The van der Waals surface area contributed by atoms with Crippen molar-refractivity contribution in [3.05, 3.63) is 41.1 Å². The first-order chi connectivity index (χ1) is 9.50. The quantitative estimate of drug-likeness (QED) is 0.588. The zero-order valence-electron chi connectivity index (χ0n) is 10.7. The number of halogens is 3.